The SMILES string of the molecule is COc1ccnc2cc(C(C)=O)cnc12. The largest absolute Gasteiger partial charge is 0.494 e. The molecule has 0 atom stereocenters. The number of methoxy groups -OCH3 is 1. The van der Waals surface area contributed by atoms with Crippen LogP contribution in [-0.2, 0) is 0 Å². The van der Waals surface area contributed by atoms with Crippen LogP contribution in [0.5, 0.6) is 5.75 Å². The average Bonchev–Trinajstić information content (AvgIpc) is 2.27. The molecule has 0 saturated heterocycles. The summed E-state index contributed by atoms with van der Waals surface area (Å²) in [5.41, 5.74) is 1.90. The van der Waals surface area contributed by atoms with E-state index in [-0.39, 0.29) is 5.78 Å². The van der Waals surface area contributed by atoms with Crippen LogP contribution >= 0.6 is 0 Å². The van der Waals surface area contributed by atoms with Crippen LogP contribution in [-0.4, -0.2) is 22.9 Å². The summed E-state index contributed by atoms with van der Waals surface area (Å²) < 4.78 is 5.14. The highest BCUT2D eigenvalue weighted by molar-refractivity contribution is 5.97. The van der Waals surface area contributed by atoms with E-state index < -0.39 is 0 Å². The number of Topliss-reactive ketones (excluding diaryl/α,β-unsaturated/α-hetero) is 1. The second-order valence-corrected chi connectivity index (χ2v) is 3.16. The summed E-state index contributed by atoms with van der Waals surface area (Å²) in [6.45, 7) is 1.50. The second-order valence-electron chi connectivity index (χ2n) is 3.16. The number of nitrogens with zero attached hydrogens (tertiary/aromatic N) is 2. The molecular formula is C11H10N2O2. The predicted molar refractivity (Wildman–Crippen MR) is 56.1 cm³/mol. The fraction of sp³-hybridized carbons (Fsp3) is 0.182. The van der Waals surface area contributed by atoms with Crippen molar-refractivity contribution in [2.75, 3.05) is 7.11 Å². The number of ether oxygens (including phenoxy) is 1. The molecule has 0 bridgehead atoms. The number of hydrogen-bond donors (Lipinski definition) is 0. The highest BCUT2D eigenvalue weighted by atomic mass is 16.5. The van der Waals surface area contributed by atoms with Crippen LogP contribution in [0.4, 0.5) is 0 Å². The summed E-state index contributed by atoms with van der Waals surface area (Å²) in [7, 11) is 1.58. The van der Waals surface area contributed by atoms with Gasteiger partial charge in [-0.1, -0.05) is 0 Å². The van der Waals surface area contributed by atoms with Crippen molar-refractivity contribution in [2.24, 2.45) is 0 Å². The molecule has 0 radical (unpaired) electrons. The molecule has 0 unspecified atom stereocenters. The molecule has 4 heteroatoms. The van der Waals surface area contributed by atoms with Gasteiger partial charge in [0.05, 0.1) is 12.6 Å². The number of carbonyl (C=O) groups is 1. The smallest absolute Gasteiger partial charge is 0.161 e. The minimum absolute atomic E-state index is 0.0194. The van der Waals surface area contributed by atoms with Gasteiger partial charge < -0.3 is 4.74 Å². The second kappa shape index (κ2) is 3.65. The molecule has 0 aliphatic rings. The van der Waals surface area contributed by atoms with Gasteiger partial charge in [-0.25, -0.2) is 4.98 Å². The Labute approximate surface area is 86.9 Å². The molecule has 0 aromatic carbocycles. The number of aromatic nitrogens is 2. The lowest BCUT2D eigenvalue weighted by atomic mass is 10.2. The van der Waals surface area contributed by atoms with Crippen LogP contribution < -0.4 is 4.74 Å². The van der Waals surface area contributed by atoms with Crippen LogP contribution in [0.25, 0.3) is 11.0 Å². The minimum atomic E-state index is -0.0194. The van der Waals surface area contributed by atoms with Gasteiger partial charge in [-0.05, 0) is 13.0 Å². The summed E-state index contributed by atoms with van der Waals surface area (Å²) in [5.74, 6) is 0.643. The third kappa shape index (κ3) is 1.66. The van der Waals surface area contributed by atoms with E-state index in [1.54, 1.807) is 25.4 Å². The van der Waals surface area contributed by atoms with Crippen LogP contribution in [0, 0.1) is 0 Å². The van der Waals surface area contributed by atoms with E-state index in [0.717, 1.165) is 0 Å². The Balaban J connectivity index is 2.69. The monoisotopic (exact) mass is 202 g/mol. The number of carbonyl (C=O) groups excluding carboxylic acids is 1. The van der Waals surface area contributed by atoms with E-state index in [4.69, 9.17) is 4.74 Å². The zero-order valence-corrected chi connectivity index (χ0v) is 8.52. The molecule has 2 rings (SSSR count). The van der Waals surface area contributed by atoms with E-state index in [1.807, 2.05) is 0 Å². The highest BCUT2D eigenvalue weighted by Gasteiger charge is 2.06. The number of fused-ring (bicyclic) bond motifs is 1. The first-order valence-corrected chi connectivity index (χ1v) is 4.52. The molecule has 15 heavy (non-hydrogen) atoms. The quantitative estimate of drug-likeness (QED) is 0.697. The Kier molecular flexibility index (Phi) is 2.33. The molecule has 0 amide bonds. The lowest BCUT2D eigenvalue weighted by molar-refractivity contribution is 0.101. The van der Waals surface area contributed by atoms with Crippen molar-refractivity contribution >= 4 is 16.8 Å². The van der Waals surface area contributed by atoms with E-state index >= 15 is 0 Å². The lowest BCUT2D eigenvalue weighted by Gasteiger charge is -2.03. The molecule has 0 saturated carbocycles. The number of hydrogen-bond acceptors (Lipinski definition) is 4. The molecule has 2 aromatic rings. The van der Waals surface area contributed by atoms with Gasteiger partial charge in [0, 0.05) is 24.0 Å². The summed E-state index contributed by atoms with van der Waals surface area (Å²) >= 11 is 0. The topological polar surface area (TPSA) is 52.1 Å². The number of pyridine rings is 2. The molecule has 0 N–H and O–H groups in total. The Hall–Kier alpha value is -1.97. The van der Waals surface area contributed by atoms with Crippen molar-refractivity contribution in [3.63, 3.8) is 0 Å². The standard InChI is InChI=1S/C11H10N2O2/c1-7(14)8-5-9-11(13-6-8)10(15-2)3-4-12-9/h3-6H,1-2H3. The van der Waals surface area contributed by atoms with Gasteiger partial charge in [0.15, 0.2) is 5.78 Å². The summed E-state index contributed by atoms with van der Waals surface area (Å²) in [4.78, 5) is 19.4. The van der Waals surface area contributed by atoms with Crippen LogP contribution in [0.15, 0.2) is 24.5 Å². The van der Waals surface area contributed by atoms with Crippen LogP contribution in [0.3, 0.4) is 0 Å². The first kappa shape index (κ1) is 9.58. The average molecular weight is 202 g/mol. The third-order valence-corrected chi connectivity index (χ3v) is 2.17. The highest BCUT2D eigenvalue weighted by Crippen LogP contribution is 2.21. The molecular weight excluding hydrogens is 192 g/mol. The van der Waals surface area contributed by atoms with E-state index in [1.165, 1.54) is 13.1 Å². The Morgan fingerprint density at radius 1 is 1.40 bits per heavy atom. The Morgan fingerprint density at radius 2 is 2.20 bits per heavy atom. The normalized spacial score (nSPS) is 10.3. The Bertz CT molecular complexity index is 523. The number of ketones is 1. The van der Waals surface area contributed by atoms with Gasteiger partial charge in [-0.2, -0.15) is 0 Å². The van der Waals surface area contributed by atoms with E-state index in [9.17, 15) is 4.79 Å². The first-order valence-electron chi connectivity index (χ1n) is 4.52. The van der Waals surface area contributed by atoms with Crippen molar-refractivity contribution < 1.29 is 9.53 Å². The predicted octanol–water partition coefficient (Wildman–Crippen LogP) is 1.84. The fourth-order valence-electron chi connectivity index (χ4n) is 1.36. The molecule has 4 nitrogen and oxygen atoms in total. The lowest BCUT2D eigenvalue weighted by Crippen LogP contribution is -1.96. The molecule has 0 aliphatic heterocycles. The molecule has 2 heterocycles. The Morgan fingerprint density at radius 3 is 2.87 bits per heavy atom. The van der Waals surface area contributed by atoms with Crippen LogP contribution in [0.2, 0.25) is 0 Å². The maximum atomic E-state index is 11.1. The van der Waals surface area contributed by atoms with Gasteiger partial charge in [0.2, 0.25) is 0 Å². The summed E-state index contributed by atoms with van der Waals surface area (Å²) in [6.07, 6.45) is 3.17. The maximum absolute atomic E-state index is 11.1. The zero-order chi connectivity index (χ0) is 10.8. The van der Waals surface area contributed by atoms with Gasteiger partial charge >= 0.3 is 0 Å². The minimum Gasteiger partial charge on any atom is -0.494 e. The molecule has 0 aliphatic carbocycles. The van der Waals surface area contributed by atoms with Crippen molar-refractivity contribution in [2.45, 2.75) is 6.92 Å². The molecule has 2 aromatic heterocycles. The summed E-state index contributed by atoms with van der Waals surface area (Å²) in [6, 6.07) is 3.45. The molecule has 76 valence electrons. The summed E-state index contributed by atoms with van der Waals surface area (Å²) in [5, 5.41) is 0. The van der Waals surface area contributed by atoms with Gasteiger partial charge in [-0.15, -0.1) is 0 Å². The van der Waals surface area contributed by atoms with Crippen molar-refractivity contribution in [3.8, 4) is 5.75 Å². The van der Waals surface area contributed by atoms with Gasteiger partial charge in [-0.3, -0.25) is 9.78 Å². The van der Waals surface area contributed by atoms with Gasteiger partial charge in [0.1, 0.15) is 11.3 Å². The first-order chi connectivity index (χ1) is 7.22. The maximum Gasteiger partial charge on any atom is 0.161 e. The van der Waals surface area contributed by atoms with Crippen molar-refractivity contribution in [1.29, 1.82) is 0 Å². The van der Waals surface area contributed by atoms with Crippen molar-refractivity contribution in [1.82, 2.24) is 9.97 Å². The van der Waals surface area contributed by atoms with Gasteiger partial charge in [0.25, 0.3) is 0 Å². The zero-order valence-electron chi connectivity index (χ0n) is 8.52. The third-order valence-electron chi connectivity index (χ3n) is 2.17. The van der Waals surface area contributed by atoms with Crippen molar-refractivity contribution in [3.05, 3.63) is 30.1 Å². The molecule has 0 fully saturated rings. The van der Waals surface area contributed by atoms with E-state index in [2.05, 4.69) is 9.97 Å². The molecule has 0 spiro atoms. The fourth-order valence-corrected chi connectivity index (χ4v) is 1.36. The van der Waals surface area contributed by atoms with Crippen LogP contribution in [0.1, 0.15) is 17.3 Å². The van der Waals surface area contributed by atoms with E-state index in [0.29, 0.717) is 22.3 Å². The number of rotatable bonds is 2.